The molecule has 0 aromatic carbocycles. The second-order valence-corrected chi connectivity index (χ2v) is 6.51. The van der Waals surface area contributed by atoms with Crippen molar-refractivity contribution in [1.82, 2.24) is 4.98 Å². The van der Waals surface area contributed by atoms with E-state index >= 15 is 0 Å². The molecule has 0 fully saturated rings. The molecular weight excluding hydrogens is 272 g/mol. The Bertz CT molecular complexity index is 430. The van der Waals surface area contributed by atoms with Crippen LogP contribution in [0.1, 0.15) is 39.8 Å². The molecule has 0 unspecified atom stereocenters. The van der Waals surface area contributed by atoms with E-state index in [1.807, 2.05) is 39.0 Å². The molecule has 0 bridgehead atoms. The zero-order valence-electron chi connectivity index (χ0n) is 12.7. The van der Waals surface area contributed by atoms with E-state index in [4.69, 9.17) is 4.74 Å². The molecule has 112 valence electrons. The number of nitrogens with one attached hydrogen (secondary N) is 1. The SMILES string of the molecule is CCCNc1cccc(CSCC(=O)OC(C)(C)C)n1. The number of thioether (sulfide) groups is 1. The smallest absolute Gasteiger partial charge is 0.316 e. The Labute approximate surface area is 125 Å². The van der Waals surface area contributed by atoms with Crippen molar-refractivity contribution < 1.29 is 9.53 Å². The molecule has 20 heavy (non-hydrogen) atoms. The summed E-state index contributed by atoms with van der Waals surface area (Å²) in [7, 11) is 0. The van der Waals surface area contributed by atoms with Crippen LogP contribution in [-0.4, -0.2) is 28.9 Å². The van der Waals surface area contributed by atoms with E-state index in [0.717, 1.165) is 24.5 Å². The van der Waals surface area contributed by atoms with E-state index in [9.17, 15) is 4.79 Å². The van der Waals surface area contributed by atoms with Crippen LogP contribution in [0.15, 0.2) is 18.2 Å². The predicted octanol–water partition coefficient (Wildman–Crippen LogP) is 3.48. The van der Waals surface area contributed by atoms with Gasteiger partial charge in [0.2, 0.25) is 0 Å². The van der Waals surface area contributed by atoms with Crippen molar-refractivity contribution in [1.29, 1.82) is 0 Å². The maximum atomic E-state index is 11.6. The van der Waals surface area contributed by atoms with Crippen LogP contribution in [0.25, 0.3) is 0 Å². The lowest BCUT2D eigenvalue weighted by Crippen LogP contribution is -2.24. The third-order valence-electron chi connectivity index (χ3n) is 2.25. The van der Waals surface area contributed by atoms with Gasteiger partial charge in [0.05, 0.1) is 11.4 Å². The average Bonchev–Trinajstić information content (AvgIpc) is 2.34. The van der Waals surface area contributed by atoms with Gasteiger partial charge < -0.3 is 10.1 Å². The minimum Gasteiger partial charge on any atom is -0.459 e. The second-order valence-electron chi connectivity index (χ2n) is 5.52. The van der Waals surface area contributed by atoms with Gasteiger partial charge in [-0.05, 0) is 39.3 Å². The van der Waals surface area contributed by atoms with Crippen LogP contribution >= 0.6 is 11.8 Å². The Balaban J connectivity index is 2.36. The molecule has 0 saturated carbocycles. The number of anilines is 1. The third-order valence-corrected chi connectivity index (χ3v) is 3.19. The lowest BCUT2D eigenvalue weighted by molar-refractivity contribution is -0.151. The van der Waals surface area contributed by atoms with Gasteiger partial charge in [-0.25, -0.2) is 4.98 Å². The highest BCUT2D eigenvalue weighted by Gasteiger charge is 2.15. The van der Waals surface area contributed by atoms with Crippen LogP contribution in [0, 0.1) is 0 Å². The summed E-state index contributed by atoms with van der Waals surface area (Å²) in [5.74, 6) is 1.77. The monoisotopic (exact) mass is 296 g/mol. The quantitative estimate of drug-likeness (QED) is 0.781. The molecule has 1 aromatic heterocycles. The van der Waals surface area contributed by atoms with Crippen LogP contribution in [0.2, 0.25) is 0 Å². The zero-order valence-corrected chi connectivity index (χ0v) is 13.5. The van der Waals surface area contributed by atoms with Crippen molar-refractivity contribution >= 4 is 23.5 Å². The fraction of sp³-hybridized carbons (Fsp3) is 0.600. The van der Waals surface area contributed by atoms with Gasteiger partial charge >= 0.3 is 5.97 Å². The fourth-order valence-corrected chi connectivity index (χ4v) is 2.22. The number of hydrogen-bond donors (Lipinski definition) is 1. The summed E-state index contributed by atoms with van der Waals surface area (Å²) in [6.07, 6.45) is 1.07. The minimum absolute atomic E-state index is 0.178. The Morgan fingerprint density at radius 3 is 2.80 bits per heavy atom. The van der Waals surface area contributed by atoms with Crippen LogP contribution in [-0.2, 0) is 15.3 Å². The molecule has 1 N–H and O–H groups in total. The van der Waals surface area contributed by atoms with Gasteiger partial charge in [0.1, 0.15) is 11.4 Å². The van der Waals surface area contributed by atoms with Crippen LogP contribution in [0.4, 0.5) is 5.82 Å². The van der Waals surface area contributed by atoms with Gasteiger partial charge in [-0.15, -0.1) is 11.8 Å². The number of carbonyl (C=O) groups excluding carboxylic acids is 1. The molecule has 0 amide bonds. The first kappa shape index (κ1) is 16.8. The van der Waals surface area contributed by atoms with Crippen molar-refractivity contribution in [2.24, 2.45) is 0 Å². The fourth-order valence-electron chi connectivity index (χ4n) is 1.52. The maximum absolute atomic E-state index is 11.6. The van der Waals surface area contributed by atoms with E-state index in [-0.39, 0.29) is 5.97 Å². The molecule has 1 aromatic rings. The summed E-state index contributed by atoms with van der Waals surface area (Å²) < 4.78 is 5.26. The van der Waals surface area contributed by atoms with Crippen LogP contribution < -0.4 is 5.32 Å². The molecule has 0 aliphatic rings. The molecule has 0 aliphatic carbocycles. The lowest BCUT2D eigenvalue weighted by Gasteiger charge is -2.19. The van der Waals surface area contributed by atoms with Crippen molar-refractivity contribution in [2.45, 2.75) is 45.5 Å². The van der Waals surface area contributed by atoms with Crippen molar-refractivity contribution in [3.8, 4) is 0 Å². The second kappa shape index (κ2) is 8.15. The summed E-state index contributed by atoms with van der Waals surface area (Å²) in [6, 6.07) is 5.91. The summed E-state index contributed by atoms with van der Waals surface area (Å²) in [4.78, 5) is 16.1. The summed E-state index contributed by atoms with van der Waals surface area (Å²) in [5, 5.41) is 3.25. The number of nitrogens with zero attached hydrogens (tertiary/aromatic N) is 1. The first-order valence-corrected chi connectivity index (χ1v) is 8.05. The Morgan fingerprint density at radius 2 is 2.15 bits per heavy atom. The highest BCUT2D eigenvalue weighted by Crippen LogP contribution is 2.15. The molecule has 0 atom stereocenters. The molecule has 1 rings (SSSR count). The van der Waals surface area contributed by atoms with Gasteiger partial charge in [0, 0.05) is 12.3 Å². The number of pyridine rings is 1. The number of aromatic nitrogens is 1. The van der Waals surface area contributed by atoms with Crippen molar-refractivity contribution in [2.75, 3.05) is 17.6 Å². The first-order chi connectivity index (χ1) is 9.40. The van der Waals surface area contributed by atoms with Crippen molar-refractivity contribution in [3.63, 3.8) is 0 Å². The highest BCUT2D eigenvalue weighted by molar-refractivity contribution is 7.99. The van der Waals surface area contributed by atoms with Crippen molar-refractivity contribution in [3.05, 3.63) is 23.9 Å². The molecule has 0 radical (unpaired) electrons. The Hall–Kier alpha value is -1.23. The topological polar surface area (TPSA) is 51.2 Å². The molecule has 4 nitrogen and oxygen atoms in total. The molecule has 0 aliphatic heterocycles. The first-order valence-electron chi connectivity index (χ1n) is 6.90. The van der Waals surface area contributed by atoms with E-state index in [1.54, 1.807) is 0 Å². The zero-order chi connectivity index (χ0) is 15.0. The summed E-state index contributed by atoms with van der Waals surface area (Å²) in [5.41, 5.74) is 0.555. The number of rotatable bonds is 7. The van der Waals surface area contributed by atoms with Gasteiger partial charge in [-0.3, -0.25) is 4.79 Å². The predicted molar refractivity (Wildman–Crippen MR) is 85.0 cm³/mol. The minimum atomic E-state index is -0.417. The highest BCUT2D eigenvalue weighted by atomic mass is 32.2. The molecule has 0 saturated heterocycles. The van der Waals surface area contributed by atoms with Crippen LogP contribution in [0.3, 0.4) is 0 Å². The van der Waals surface area contributed by atoms with E-state index < -0.39 is 5.60 Å². The van der Waals surface area contributed by atoms with E-state index in [0.29, 0.717) is 11.5 Å². The van der Waals surface area contributed by atoms with Gasteiger partial charge in [0.15, 0.2) is 0 Å². The normalized spacial score (nSPS) is 11.2. The number of esters is 1. The summed E-state index contributed by atoms with van der Waals surface area (Å²) >= 11 is 1.52. The molecule has 1 heterocycles. The summed E-state index contributed by atoms with van der Waals surface area (Å²) in [6.45, 7) is 8.66. The largest absolute Gasteiger partial charge is 0.459 e. The average molecular weight is 296 g/mol. The number of ether oxygens (including phenoxy) is 1. The molecule has 0 spiro atoms. The van der Waals surface area contributed by atoms with E-state index in [1.165, 1.54) is 11.8 Å². The Morgan fingerprint density at radius 1 is 1.40 bits per heavy atom. The maximum Gasteiger partial charge on any atom is 0.316 e. The van der Waals surface area contributed by atoms with Gasteiger partial charge in [0.25, 0.3) is 0 Å². The third kappa shape index (κ3) is 7.38. The molecular formula is C15H24N2O2S. The number of carbonyl (C=O) groups is 1. The standard InChI is InChI=1S/C15H24N2O2S/c1-5-9-16-13-8-6-7-12(17-13)10-20-11-14(18)19-15(2,3)4/h6-8H,5,9-11H2,1-4H3,(H,16,17). The van der Waals surface area contributed by atoms with E-state index in [2.05, 4.69) is 17.2 Å². The van der Waals surface area contributed by atoms with Crippen LogP contribution in [0.5, 0.6) is 0 Å². The number of hydrogen-bond acceptors (Lipinski definition) is 5. The van der Waals surface area contributed by atoms with Gasteiger partial charge in [-0.2, -0.15) is 0 Å². The molecule has 5 heteroatoms. The lowest BCUT2D eigenvalue weighted by atomic mass is 10.2. The van der Waals surface area contributed by atoms with Gasteiger partial charge in [-0.1, -0.05) is 13.0 Å². The Kier molecular flexibility index (Phi) is 6.85.